The smallest absolute Gasteiger partial charge is 0.319 e. The third-order valence-electron chi connectivity index (χ3n) is 4.96. The zero-order chi connectivity index (χ0) is 20.5. The maximum absolute atomic E-state index is 12.6. The van der Waals surface area contributed by atoms with Crippen LogP contribution in [0.3, 0.4) is 0 Å². The number of carbonyl (C=O) groups is 2. The molecule has 6 nitrogen and oxygen atoms in total. The number of nitrogens with zero attached hydrogens (tertiary/aromatic N) is 1. The molecular weight excluding hydrogens is 384 g/mol. The molecule has 0 spiro atoms. The van der Waals surface area contributed by atoms with Crippen molar-refractivity contribution in [3.8, 4) is 0 Å². The van der Waals surface area contributed by atoms with Crippen molar-refractivity contribution >= 4 is 29.4 Å². The number of thioether (sulfide) groups is 1. The summed E-state index contributed by atoms with van der Waals surface area (Å²) < 4.78 is 0. The minimum Gasteiger partial charge on any atom is -0.370 e. The van der Waals surface area contributed by atoms with Crippen LogP contribution in [0.15, 0.2) is 59.5 Å². The van der Waals surface area contributed by atoms with Crippen molar-refractivity contribution in [3.63, 3.8) is 0 Å². The van der Waals surface area contributed by atoms with E-state index in [4.69, 9.17) is 5.73 Å². The van der Waals surface area contributed by atoms with E-state index < -0.39 is 0 Å². The van der Waals surface area contributed by atoms with Crippen LogP contribution in [0, 0.1) is 0 Å². The minimum absolute atomic E-state index is 0.171. The van der Waals surface area contributed by atoms with Crippen LogP contribution in [-0.2, 0) is 4.79 Å². The van der Waals surface area contributed by atoms with Crippen molar-refractivity contribution < 1.29 is 9.59 Å². The van der Waals surface area contributed by atoms with Crippen LogP contribution < -0.4 is 16.4 Å². The molecule has 3 rings (SSSR count). The Labute approximate surface area is 176 Å². The zero-order valence-corrected chi connectivity index (χ0v) is 17.3. The Morgan fingerprint density at radius 3 is 2.45 bits per heavy atom. The van der Waals surface area contributed by atoms with E-state index in [1.54, 1.807) is 0 Å². The van der Waals surface area contributed by atoms with Crippen molar-refractivity contribution in [2.75, 3.05) is 30.7 Å². The molecule has 0 aromatic heterocycles. The van der Waals surface area contributed by atoms with Crippen molar-refractivity contribution in [2.45, 2.75) is 30.2 Å². The highest BCUT2D eigenvalue weighted by Gasteiger charge is 2.23. The van der Waals surface area contributed by atoms with Gasteiger partial charge in [-0.3, -0.25) is 9.69 Å². The van der Waals surface area contributed by atoms with E-state index in [1.165, 1.54) is 30.2 Å². The highest BCUT2D eigenvalue weighted by Crippen LogP contribution is 2.28. The van der Waals surface area contributed by atoms with Gasteiger partial charge in [-0.1, -0.05) is 42.5 Å². The molecule has 0 saturated carbocycles. The number of nitrogens with two attached hydrogens (primary N) is 1. The number of amides is 3. The summed E-state index contributed by atoms with van der Waals surface area (Å²) in [6.07, 6.45) is 2.71. The summed E-state index contributed by atoms with van der Waals surface area (Å²) in [6.45, 7) is 2.66. The number of rotatable bonds is 9. The van der Waals surface area contributed by atoms with Crippen molar-refractivity contribution in [3.05, 3.63) is 60.2 Å². The highest BCUT2D eigenvalue weighted by atomic mass is 32.2. The lowest BCUT2D eigenvalue weighted by atomic mass is 10.1. The monoisotopic (exact) mass is 412 g/mol. The second-order valence-corrected chi connectivity index (χ2v) is 8.20. The normalized spacial score (nSPS) is 15.0. The first-order chi connectivity index (χ1) is 14.1. The number of hydrogen-bond acceptors (Lipinski definition) is 4. The molecule has 1 aliphatic heterocycles. The van der Waals surface area contributed by atoms with Gasteiger partial charge in [0.2, 0.25) is 5.91 Å². The lowest BCUT2D eigenvalue weighted by molar-refractivity contribution is -0.117. The summed E-state index contributed by atoms with van der Waals surface area (Å²) >= 11 is 1.51. The van der Waals surface area contributed by atoms with E-state index in [0.717, 1.165) is 23.7 Å². The van der Waals surface area contributed by atoms with Crippen molar-refractivity contribution in [1.29, 1.82) is 0 Å². The van der Waals surface area contributed by atoms with E-state index in [1.807, 2.05) is 42.5 Å². The molecule has 1 aliphatic rings. The number of nitrogens with one attached hydrogen (secondary N) is 2. The van der Waals surface area contributed by atoms with Gasteiger partial charge in [-0.25, -0.2) is 4.79 Å². The van der Waals surface area contributed by atoms with Crippen LogP contribution in [0.25, 0.3) is 0 Å². The number of para-hydroxylation sites is 1. The van der Waals surface area contributed by atoms with Gasteiger partial charge >= 0.3 is 6.03 Å². The number of benzene rings is 2. The first-order valence-electron chi connectivity index (χ1n) is 9.97. The first-order valence-corrected chi connectivity index (χ1v) is 11.0. The molecule has 4 N–H and O–H groups in total. The molecule has 0 radical (unpaired) electrons. The van der Waals surface area contributed by atoms with Crippen LogP contribution in [-0.4, -0.2) is 42.2 Å². The molecule has 3 amide bonds. The Morgan fingerprint density at radius 1 is 1.03 bits per heavy atom. The Morgan fingerprint density at radius 2 is 1.72 bits per heavy atom. The fourth-order valence-electron chi connectivity index (χ4n) is 3.50. The Hall–Kier alpha value is -2.51. The Balaban J connectivity index is 1.59. The second-order valence-electron chi connectivity index (χ2n) is 7.07. The second kappa shape index (κ2) is 10.9. The summed E-state index contributed by atoms with van der Waals surface area (Å²) in [5.41, 5.74) is 7.16. The predicted octanol–water partition coefficient (Wildman–Crippen LogP) is 3.61. The number of carbonyl (C=O) groups excluding carboxylic acids is 2. The molecule has 0 aliphatic carbocycles. The SMILES string of the molecule is NC(=O)CCSc1ccccc1NC(=O)NCC(c1ccccc1)N1CCCC1. The van der Waals surface area contributed by atoms with E-state index in [0.29, 0.717) is 18.7 Å². The van der Waals surface area contributed by atoms with Gasteiger partial charge in [0, 0.05) is 23.6 Å². The van der Waals surface area contributed by atoms with Gasteiger partial charge in [0.15, 0.2) is 0 Å². The molecule has 29 heavy (non-hydrogen) atoms. The zero-order valence-electron chi connectivity index (χ0n) is 16.5. The van der Waals surface area contributed by atoms with Crippen LogP contribution in [0.1, 0.15) is 30.9 Å². The highest BCUT2D eigenvalue weighted by molar-refractivity contribution is 7.99. The minimum atomic E-state index is -0.324. The van der Waals surface area contributed by atoms with Gasteiger partial charge in [0.1, 0.15) is 0 Å². The molecule has 1 fully saturated rings. The molecule has 1 heterocycles. The Bertz CT molecular complexity index is 809. The molecule has 1 atom stereocenters. The average molecular weight is 413 g/mol. The molecule has 0 bridgehead atoms. The van der Waals surface area contributed by atoms with Crippen LogP contribution >= 0.6 is 11.8 Å². The topological polar surface area (TPSA) is 87.5 Å². The number of likely N-dealkylation sites (tertiary alicyclic amines) is 1. The fraction of sp³-hybridized carbons (Fsp3) is 0.364. The average Bonchev–Trinajstić information content (AvgIpc) is 3.24. The number of urea groups is 1. The largest absolute Gasteiger partial charge is 0.370 e. The molecular formula is C22H28N4O2S. The quantitative estimate of drug-likeness (QED) is 0.549. The molecule has 7 heteroatoms. The third kappa shape index (κ3) is 6.51. The molecule has 2 aromatic carbocycles. The predicted molar refractivity (Wildman–Crippen MR) is 118 cm³/mol. The van der Waals surface area contributed by atoms with Crippen LogP contribution in [0.4, 0.5) is 10.5 Å². The van der Waals surface area contributed by atoms with Gasteiger partial charge in [0.05, 0.1) is 11.7 Å². The third-order valence-corrected chi connectivity index (χ3v) is 6.04. The summed E-state index contributed by atoms with van der Waals surface area (Å²) in [5, 5.41) is 5.97. The van der Waals surface area contributed by atoms with Gasteiger partial charge in [-0.2, -0.15) is 0 Å². The maximum Gasteiger partial charge on any atom is 0.319 e. The number of hydrogen-bond donors (Lipinski definition) is 3. The van der Waals surface area contributed by atoms with Crippen molar-refractivity contribution in [1.82, 2.24) is 10.2 Å². The van der Waals surface area contributed by atoms with Crippen LogP contribution in [0.2, 0.25) is 0 Å². The van der Waals surface area contributed by atoms with Gasteiger partial charge in [0.25, 0.3) is 0 Å². The van der Waals surface area contributed by atoms with E-state index in [9.17, 15) is 9.59 Å². The van der Waals surface area contributed by atoms with Gasteiger partial charge < -0.3 is 16.4 Å². The standard InChI is InChI=1S/C22H28N4O2S/c23-21(27)12-15-29-20-11-5-4-10-18(20)25-22(28)24-16-19(26-13-6-7-14-26)17-8-2-1-3-9-17/h1-5,8-11,19H,6-7,12-16H2,(H2,23,27)(H2,24,25,28). The molecule has 1 saturated heterocycles. The van der Waals surface area contributed by atoms with Gasteiger partial charge in [-0.05, 0) is 43.6 Å². The summed E-state index contributed by atoms with van der Waals surface area (Å²) in [6, 6.07) is 17.9. The van der Waals surface area contributed by atoms with E-state index >= 15 is 0 Å². The first kappa shape index (κ1) is 21.2. The fourth-order valence-corrected chi connectivity index (χ4v) is 4.47. The summed E-state index contributed by atoms with van der Waals surface area (Å²) in [7, 11) is 0. The van der Waals surface area contributed by atoms with Crippen LogP contribution in [0.5, 0.6) is 0 Å². The summed E-state index contributed by atoms with van der Waals surface area (Å²) in [5.74, 6) is 0.260. The number of anilines is 1. The van der Waals surface area contributed by atoms with E-state index in [2.05, 4.69) is 27.7 Å². The number of primary amides is 1. The molecule has 154 valence electrons. The van der Waals surface area contributed by atoms with Crippen molar-refractivity contribution in [2.24, 2.45) is 5.73 Å². The lowest BCUT2D eigenvalue weighted by Crippen LogP contribution is -2.38. The lowest BCUT2D eigenvalue weighted by Gasteiger charge is -2.28. The molecule has 2 aromatic rings. The Kier molecular flexibility index (Phi) is 7.95. The maximum atomic E-state index is 12.6. The van der Waals surface area contributed by atoms with E-state index in [-0.39, 0.29) is 18.0 Å². The summed E-state index contributed by atoms with van der Waals surface area (Å²) in [4.78, 5) is 26.9. The molecule has 1 unspecified atom stereocenters. The van der Waals surface area contributed by atoms with Gasteiger partial charge in [-0.15, -0.1) is 11.8 Å².